The Morgan fingerprint density at radius 1 is 0.351 bits per heavy atom. The first-order valence-corrected chi connectivity index (χ1v) is 29.0. The van der Waals surface area contributed by atoms with Crippen LogP contribution in [0.3, 0.4) is 0 Å². The Hall–Kier alpha value is -6.06. The van der Waals surface area contributed by atoms with Crippen molar-refractivity contribution < 1.29 is 4.42 Å². The van der Waals surface area contributed by atoms with E-state index in [-0.39, 0.29) is 43.3 Å². The molecule has 3 aliphatic rings. The molecule has 0 saturated carbocycles. The lowest BCUT2D eigenvalue weighted by Crippen LogP contribution is -2.36. The molecule has 8 aromatic rings. The van der Waals surface area contributed by atoms with E-state index in [1.54, 1.807) is 0 Å². The maximum absolute atomic E-state index is 6.87. The molecule has 0 radical (unpaired) electrons. The third-order valence-corrected chi connectivity index (χ3v) is 19.6. The van der Waals surface area contributed by atoms with Gasteiger partial charge in [-0.3, -0.25) is 0 Å². The zero-order valence-electron chi connectivity index (χ0n) is 50.7. The van der Waals surface area contributed by atoms with Crippen molar-refractivity contribution in [3.8, 4) is 0 Å². The maximum Gasteiger partial charge on any atom is 0.137 e. The van der Waals surface area contributed by atoms with Crippen LogP contribution in [0.1, 0.15) is 217 Å². The molecule has 7 aromatic carbocycles. The number of rotatable bonds is 6. The molecule has 0 fully saturated rings. The summed E-state index contributed by atoms with van der Waals surface area (Å²) in [5, 5.41) is 2.31. The Morgan fingerprint density at radius 2 is 0.779 bits per heavy atom. The number of benzene rings is 7. The number of furan rings is 1. The lowest BCUT2D eigenvalue weighted by atomic mass is 9.60. The smallest absolute Gasteiger partial charge is 0.137 e. The summed E-state index contributed by atoms with van der Waals surface area (Å²) in [5.41, 5.74) is 25.1. The molecule has 0 aliphatic heterocycles. The van der Waals surface area contributed by atoms with Crippen molar-refractivity contribution >= 4 is 56.1 Å². The highest BCUT2D eigenvalue weighted by Crippen LogP contribution is 2.55. The van der Waals surface area contributed by atoms with E-state index in [9.17, 15) is 0 Å². The average molecular weight is 1020 g/mol. The molecule has 0 atom stereocenters. The Morgan fingerprint density at radius 3 is 1.26 bits per heavy atom. The Labute approximate surface area is 463 Å². The summed E-state index contributed by atoms with van der Waals surface area (Å²) in [6.07, 6.45) is 4.64. The van der Waals surface area contributed by atoms with Gasteiger partial charge in [0.1, 0.15) is 11.2 Å². The van der Waals surface area contributed by atoms with Gasteiger partial charge in [-0.1, -0.05) is 173 Å². The van der Waals surface area contributed by atoms with Crippen LogP contribution in [0, 0.1) is 13.8 Å². The first-order valence-electron chi connectivity index (χ1n) is 29.0. The van der Waals surface area contributed by atoms with Crippen LogP contribution in [0.2, 0.25) is 0 Å². The first-order chi connectivity index (χ1) is 35.7. The second kappa shape index (κ2) is 17.2. The topological polar surface area (TPSA) is 19.6 Å². The van der Waals surface area contributed by atoms with Crippen LogP contribution < -0.4 is 9.80 Å². The van der Waals surface area contributed by atoms with Crippen molar-refractivity contribution in [3.05, 3.63) is 188 Å². The quantitative estimate of drug-likeness (QED) is 0.165. The van der Waals surface area contributed by atoms with E-state index in [2.05, 4.69) is 270 Å². The summed E-state index contributed by atoms with van der Waals surface area (Å²) in [6, 6.07) is 48.0. The lowest BCUT2D eigenvalue weighted by molar-refractivity contribution is 0.332. The van der Waals surface area contributed by atoms with Gasteiger partial charge in [-0.05, 0) is 206 Å². The number of nitrogens with zero attached hydrogens (tertiary/aromatic N) is 2. The van der Waals surface area contributed by atoms with Crippen molar-refractivity contribution in [1.82, 2.24) is 0 Å². The molecule has 0 unspecified atom stereocenters. The second-order valence-corrected chi connectivity index (χ2v) is 29.8. The highest BCUT2D eigenvalue weighted by atomic mass is 16.3. The Balaban J connectivity index is 1.21. The molecule has 0 bridgehead atoms. The summed E-state index contributed by atoms with van der Waals surface area (Å²) in [7, 11) is 0. The van der Waals surface area contributed by atoms with Gasteiger partial charge in [-0.15, -0.1) is 0 Å². The number of anilines is 6. The van der Waals surface area contributed by atoms with Crippen molar-refractivity contribution in [1.29, 1.82) is 0 Å². The third kappa shape index (κ3) is 8.58. The normalized spacial score (nSPS) is 18.5. The second-order valence-electron chi connectivity index (χ2n) is 29.8. The molecule has 1 aromatic heterocycles. The molecule has 77 heavy (non-hydrogen) atoms. The molecule has 0 amide bonds. The molecule has 1 heterocycles. The zero-order chi connectivity index (χ0) is 55.5. The van der Waals surface area contributed by atoms with Crippen LogP contribution in [0.15, 0.2) is 126 Å². The minimum absolute atomic E-state index is 0.0171. The van der Waals surface area contributed by atoms with E-state index in [1.807, 2.05) is 0 Å². The predicted molar refractivity (Wildman–Crippen MR) is 331 cm³/mol. The van der Waals surface area contributed by atoms with Gasteiger partial charge in [0.05, 0.1) is 0 Å². The van der Waals surface area contributed by atoms with Crippen LogP contribution in [-0.4, -0.2) is 0 Å². The van der Waals surface area contributed by atoms with E-state index in [0.29, 0.717) is 0 Å². The van der Waals surface area contributed by atoms with Crippen molar-refractivity contribution in [2.75, 3.05) is 9.80 Å². The SMILES string of the molecule is Cc1cc2c(cc1N(c1cc(N(c3ccc4c(c3)oc3ccc(C(C)(C)C)cc34)c3cc4c(cc3C)C(C)(C)CCC4(C)C)cc(C(C)(C)C)c1)c1ccc3c(c1)C(C)(C)c1ccccc1C3(C)C)C(C)(C)CCC2(C)C. The zero-order valence-corrected chi connectivity index (χ0v) is 50.7. The van der Waals surface area contributed by atoms with Crippen LogP contribution >= 0.6 is 0 Å². The molecular formula is C74H88N2O. The highest BCUT2D eigenvalue weighted by molar-refractivity contribution is 6.06. The molecule has 0 spiro atoms. The van der Waals surface area contributed by atoms with Crippen LogP contribution in [0.4, 0.5) is 34.1 Å². The summed E-state index contributed by atoms with van der Waals surface area (Å²) in [4.78, 5) is 5.20. The fourth-order valence-corrected chi connectivity index (χ4v) is 14.0. The van der Waals surface area contributed by atoms with E-state index >= 15 is 0 Å². The minimum atomic E-state index is -0.217. The van der Waals surface area contributed by atoms with Gasteiger partial charge in [0, 0.05) is 61.8 Å². The summed E-state index contributed by atoms with van der Waals surface area (Å²) < 4.78 is 6.87. The minimum Gasteiger partial charge on any atom is -0.456 e. The largest absolute Gasteiger partial charge is 0.456 e. The van der Waals surface area contributed by atoms with Crippen LogP contribution in [0.25, 0.3) is 21.9 Å². The lowest BCUT2D eigenvalue weighted by Gasteiger charge is -2.45. The van der Waals surface area contributed by atoms with Crippen molar-refractivity contribution in [2.24, 2.45) is 0 Å². The Kier molecular flexibility index (Phi) is 11.8. The van der Waals surface area contributed by atoms with Gasteiger partial charge in [-0.2, -0.15) is 0 Å². The molecule has 11 rings (SSSR count). The molecule has 3 heteroatoms. The molecule has 3 aliphatic carbocycles. The average Bonchev–Trinajstić information content (AvgIpc) is 3.92. The van der Waals surface area contributed by atoms with Gasteiger partial charge >= 0.3 is 0 Å². The molecule has 0 N–H and O–H groups in total. The standard InChI is InChI=1S/C74H88N2O/c1-45-35-58-60(71(13,14)33-31-69(58,9)10)43-63(45)75(49-27-29-57-62(41-49)74(19,20)56-24-22-21-23-55(56)73(57,17)18)51-37-48(68(6,7)8)38-52(40-51)76(64-44-61-59(36-46(64)2)70(11,12)32-34-72(61,15)16)50-26-28-53-54-39-47(67(3,4)5)25-30-65(54)77-66(53)42-50/h21-30,35-44H,31-34H2,1-20H3. The number of hydrogen-bond donors (Lipinski definition) is 0. The predicted octanol–water partition coefficient (Wildman–Crippen LogP) is 21.4. The maximum atomic E-state index is 6.87. The monoisotopic (exact) mass is 1020 g/mol. The van der Waals surface area contributed by atoms with Gasteiger partial charge in [0.2, 0.25) is 0 Å². The van der Waals surface area contributed by atoms with Gasteiger partial charge in [0.15, 0.2) is 0 Å². The van der Waals surface area contributed by atoms with Gasteiger partial charge in [-0.25, -0.2) is 0 Å². The van der Waals surface area contributed by atoms with E-state index in [0.717, 1.165) is 46.5 Å². The summed E-state index contributed by atoms with van der Waals surface area (Å²) in [6.45, 7) is 48.0. The van der Waals surface area contributed by atoms with Crippen LogP contribution in [0.5, 0.6) is 0 Å². The van der Waals surface area contributed by atoms with Crippen LogP contribution in [-0.2, 0) is 43.3 Å². The Bertz CT molecular complexity index is 3700. The van der Waals surface area contributed by atoms with E-state index < -0.39 is 0 Å². The molecule has 400 valence electrons. The van der Waals surface area contributed by atoms with Crippen molar-refractivity contribution in [2.45, 2.75) is 207 Å². The number of hydrogen-bond acceptors (Lipinski definition) is 3. The highest BCUT2D eigenvalue weighted by Gasteiger charge is 2.43. The summed E-state index contributed by atoms with van der Waals surface area (Å²) >= 11 is 0. The van der Waals surface area contributed by atoms with E-state index in [1.165, 1.54) is 102 Å². The summed E-state index contributed by atoms with van der Waals surface area (Å²) in [5.74, 6) is 0. The van der Waals surface area contributed by atoms with Gasteiger partial charge in [0.25, 0.3) is 0 Å². The first kappa shape index (κ1) is 53.0. The van der Waals surface area contributed by atoms with E-state index in [4.69, 9.17) is 4.42 Å². The third-order valence-electron chi connectivity index (χ3n) is 19.6. The fourth-order valence-electron chi connectivity index (χ4n) is 14.0. The molecule has 0 saturated heterocycles. The number of fused-ring (bicyclic) bond motifs is 7. The van der Waals surface area contributed by atoms with Gasteiger partial charge < -0.3 is 14.2 Å². The van der Waals surface area contributed by atoms with Crippen molar-refractivity contribution in [3.63, 3.8) is 0 Å². The molecule has 3 nitrogen and oxygen atoms in total. The number of aryl methyl sites for hydroxylation is 2. The fraction of sp³-hybridized carbons (Fsp3) is 0.432. The molecular weight excluding hydrogens is 933 g/mol.